The molecule has 0 unspecified atom stereocenters. The van der Waals surface area contributed by atoms with Gasteiger partial charge in [-0.05, 0) is 26.0 Å². The molecule has 2 aromatic rings. The van der Waals surface area contributed by atoms with E-state index in [-0.39, 0.29) is 28.5 Å². The Morgan fingerprint density at radius 2 is 1.88 bits per heavy atom. The molecule has 2 rings (SSSR count). The number of aromatic hydroxyl groups is 1. The smallest absolute Gasteiger partial charge is 0.244 e. The fourth-order valence-corrected chi connectivity index (χ4v) is 3.60. The number of methoxy groups -OCH3 is 1. The van der Waals surface area contributed by atoms with Crippen LogP contribution < -0.4 is 15.2 Å². The molecule has 7 nitrogen and oxygen atoms in total. The van der Waals surface area contributed by atoms with Gasteiger partial charge in [-0.2, -0.15) is 0 Å². The summed E-state index contributed by atoms with van der Waals surface area (Å²) >= 11 is 0. The van der Waals surface area contributed by atoms with Crippen LogP contribution in [0.15, 0.2) is 41.3 Å². The number of hydrogen-bond acceptors (Lipinski definition) is 6. The van der Waals surface area contributed by atoms with Crippen molar-refractivity contribution in [1.82, 2.24) is 4.72 Å². The fraction of sp³-hybridized carbons (Fsp3) is 0.278. The van der Waals surface area contributed by atoms with Crippen LogP contribution >= 0.6 is 0 Å². The third-order valence-corrected chi connectivity index (χ3v) is 5.29. The summed E-state index contributed by atoms with van der Waals surface area (Å²) in [4.78, 5) is 12.5. The van der Waals surface area contributed by atoms with E-state index in [1.54, 1.807) is 24.3 Å². The molecular formula is C18H22N2O5S. The van der Waals surface area contributed by atoms with Gasteiger partial charge in [-0.25, -0.2) is 13.1 Å². The first-order valence-electron chi connectivity index (χ1n) is 8.02. The summed E-state index contributed by atoms with van der Waals surface area (Å²) in [6, 6.07) is 9.02. The van der Waals surface area contributed by atoms with Crippen molar-refractivity contribution in [2.75, 3.05) is 20.2 Å². The molecule has 0 radical (unpaired) electrons. The molecule has 0 saturated carbocycles. The number of rotatable bonds is 8. The standard InChI is InChI=1S/C18H22N2O5S/c1-12-4-6-13(7-5-12)18(22)14-10-17(16(25-2)11-15(14)21)26(23,24)20-9-3-8-19/h4-7,10-11,20-21H,3,8-9,19H2,1-2H3. The highest BCUT2D eigenvalue weighted by Gasteiger charge is 2.24. The van der Waals surface area contributed by atoms with Crippen LogP contribution in [0.3, 0.4) is 0 Å². The second-order valence-corrected chi connectivity index (χ2v) is 7.49. The number of phenols is 1. The van der Waals surface area contributed by atoms with Gasteiger partial charge in [0, 0.05) is 18.2 Å². The number of aryl methyl sites for hydroxylation is 1. The van der Waals surface area contributed by atoms with E-state index in [9.17, 15) is 18.3 Å². The van der Waals surface area contributed by atoms with E-state index in [1.807, 2.05) is 6.92 Å². The quantitative estimate of drug-likeness (QED) is 0.474. The Morgan fingerprint density at radius 1 is 1.23 bits per heavy atom. The number of benzene rings is 2. The Kier molecular flexibility index (Phi) is 6.36. The zero-order valence-electron chi connectivity index (χ0n) is 14.7. The van der Waals surface area contributed by atoms with E-state index in [4.69, 9.17) is 10.5 Å². The first kappa shape index (κ1) is 19.9. The molecule has 140 valence electrons. The monoisotopic (exact) mass is 378 g/mol. The third kappa shape index (κ3) is 4.40. The lowest BCUT2D eigenvalue weighted by Gasteiger charge is -2.13. The molecule has 26 heavy (non-hydrogen) atoms. The summed E-state index contributed by atoms with van der Waals surface area (Å²) in [5.74, 6) is -0.889. The highest BCUT2D eigenvalue weighted by Crippen LogP contribution is 2.32. The van der Waals surface area contributed by atoms with Crippen LogP contribution in [-0.4, -0.2) is 39.5 Å². The number of ether oxygens (including phenoxy) is 1. The molecule has 0 bridgehead atoms. The van der Waals surface area contributed by atoms with Crippen LogP contribution in [-0.2, 0) is 10.0 Å². The van der Waals surface area contributed by atoms with E-state index in [0.29, 0.717) is 18.5 Å². The van der Waals surface area contributed by atoms with Crippen molar-refractivity contribution in [3.63, 3.8) is 0 Å². The largest absolute Gasteiger partial charge is 0.507 e. The highest BCUT2D eigenvalue weighted by atomic mass is 32.2. The van der Waals surface area contributed by atoms with Gasteiger partial charge in [-0.15, -0.1) is 0 Å². The molecule has 0 fully saturated rings. The van der Waals surface area contributed by atoms with Gasteiger partial charge in [-0.3, -0.25) is 4.79 Å². The van der Waals surface area contributed by atoms with E-state index < -0.39 is 15.8 Å². The maximum Gasteiger partial charge on any atom is 0.244 e. The molecule has 0 aromatic heterocycles. The molecule has 0 heterocycles. The number of carbonyl (C=O) groups excluding carboxylic acids is 1. The Morgan fingerprint density at radius 3 is 2.46 bits per heavy atom. The second kappa shape index (κ2) is 8.31. The number of ketones is 1. The van der Waals surface area contributed by atoms with Gasteiger partial charge >= 0.3 is 0 Å². The summed E-state index contributed by atoms with van der Waals surface area (Å²) in [5.41, 5.74) is 6.58. The SMILES string of the molecule is COc1cc(O)c(C(=O)c2ccc(C)cc2)cc1S(=O)(=O)NCCCN. The minimum Gasteiger partial charge on any atom is -0.507 e. The minimum absolute atomic E-state index is 0.0526. The molecule has 4 N–H and O–H groups in total. The summed E-state index contributed by atoms with van der Waals surface area (Å²) < 4.78 is 32.5. The highest BCUT2D eigenvalue weighted by molar-refractivity contribution is 7.89. The number of carbonyl (C=O) groups is 1. The maximum absolute atomic E-state index is 12.7. The Hall–Kier alpha value is -2.42. The molecule has 8 heteroatoms. The number of hydrogen-bond donors (Lipinski definition) is 3. The van der Waals surface area contributed by atoms with Gasteiger partial charge in [0.15, 0.2) is 5.78 Å². The van der Waals surface area contributed by atoms with Crippen LogP contribution in [0.5, 0.6) is 11.5 Å². The van der Waals surface area contributed by atoms with Crippen molar-refractivity contribution >= 4 is 15.8 Å². The third-order valence-electron chi connectivity index (χ3n) is 3.80. The first-order chi connectivity index (χ1) is 12.3. The van der Waals surface area contributed by atoms with Gasteiger partial charge in [-0.1, -0.05) is 29.8 Å². The van der Waals surface area contributed by atoms with Crippen molar-refractivity contribution in [1.29, 1.82) is 0 Å². The summed E-state index contributed by atoms with van der Waals surface area (Å²) in [6.07, 6.45) is 0.467. The molecule has 0 aliphatic heterocycles. The van der Waals surface area contributed by atoms with Gasteiger partial charge < -0.3 is 15.6 Å². The molecule has 0 spiro atoms. The predicted octanol–water partition coefficient (Wildman–Crippen LogP) is 1.57. The second-order valence-electron chi connectivity index (χ2n) is 5.76. The first-order valence-corrected chi connectivity index (χ1v) is 9.50. The zero-order chi connectivity index (χ0) is 19.3. The van der Waals surface area contributed by atoms with Crippen molar-refractivity contribution in [3.8, 4) is 11.5 Å². The average molecular weight is 378 g/mol. The lowest BCUT2D eigenvalue weighted by atomic mass is 10.0. The molecule has 0 atom stereocenters. The van der Waals surface area contributed by atoms with Gasteiger partial charge in [0.1, 0.15) is 16.4 Å². The Labute approximate surface area is 152 Å². The number of sulfonamides is 1. The molecule has 2 aromatic carbocycles. The maximum atomic E-state index is 12.7. The number of phenolic OH excluding ortho intramolecular Hbond substituents is 1. The summed E-state index contributed by atoms with van der Waals surface area (Å²) in [6.45, 7) is 2.38. The average Bonchev–Trinajstić information content (AvgIpc) is 2.61. The Balaban J connectivity index is 2.48. The van der Waals surface area contributed by atoms with Crippen molar-refractivity contribution in [3.05, 3.63) is 53.1 Å². The Bertz CT molecular complexity index is 893. The minimum atomic E-state index is -3.93. The molecule has 0 amide bonds. The molecular weight excluding hydrogens is 356 g/mol. The molecule has 0 aliphatic carbocycles. The zero-order valence-corrected chi connectivity index (χ0v) is 15.5. The van der Waals surface area contributed by atoms with Crippen molar-refractivity contribution in [2.45, 2.75) is 18.2 Å². The van der Waals surface area contributed by atoms with Gasteiger partial charge in [0.05, 0.1) is 12.7 Å². The van der Waals surface area contributed by atoms with Crippen LogP contribution in [0.1, 0.15) is 27.9 Å². The predicted molar refractivity (Wildman–Crippen MR) is 98.1 cm³/mol. The van der Waals surface area contributed by atoms with E-state index >= 15 is 0 Å². The van der Waals surface area contributed by atoms with Crippen molar-refractivity contribution in [2.24, 2.45) is 5.73 Å². The van der Waals surface area contributed by atoms with Crippen molar-refractivity contribution < 1.29 is 23.1 Å². The van der Waals surface area contributed by atoms with Gasteiger partial charge in [0.25, 0.3) is 0 Å². The van der Waals surface area contributed by atoms with Gasteiger partial charge in [0.2, 0.25) is 10.0 Å². The lowest BCUT2D eigenvalue weighted by molar-refractivity contribution is 0.103. The van der Waals surface area contributed by atoms with Crippen LogP contribution in [0, 0.1) is 6.92 Å². The van der Waals surface area contributed by atoms with E-state index in [1.165, 1.54) is 7.11 Å². The van der Waals surface area contributed by atoms with Crippen LogP contribution in [0.2, 0.25) is 0 Å². The van der Waals surface area contributed by atoms with Crippen LogP contribution in [0.4, 0.5) is 0 Å². The number of nitrogens with one attached hydrogen (secondary N) is 1. The summed E-state index contributed by atoms with van der Waals surface area (Å²) in [7, 11) is -2.64. The molecule has 0 saturated heterocycles. The fourth-order valence-electron chi connectivity index (χ4n) is 2.35. The van der Waals surface area contributed by atoms with Crippen LogP contribution in [0.25, 0.3) is 0 Å². The lowest BCUT2D eigenvalue weighted by Crippen LogP contribution is -2.27. The summed E-state index contributed by atoms with van der Waals surface area (Å²) in [5, 5.41) is 10.2. The van der Waals surface area contributed by atoms with E-state index in [0.717, 1.165) is 17.7 Å². The molecule has 0 aliphatic rings. The number of nitrogens with two attached hydrogens (primary N) is 1. The van der Waals surface area contributed by atoms with E-state index in [2.05, 4.69) is 4.72 Å². The topological polar surface area (TPSA) is 119 Å². The normalized spacial score (nSPS) is 11.3.